The molecule has 0 spiro atoms. The Bertz CT molecular complexity index is 1310. The van der Waals surface area contributed by atoms with Crippen LogP contribution in [-0.4, -0.2) is 30.9 Å². The monoisotopic (exact) mass is 488 g/mol. The van der Waals surface area contributed by atoms with Gasteiger partial charge in [-0.3, -0.25) is 9.59 Å². The van der Waals surface area contributed by atoms with Gasteiger partial charge in [-0.2, -0.15) is 0 Å². The molecule has 3 aromatic carbocycles. The van der Waals surface area contributed by atoms with E-state index in [-0.39, 0.29) is 11.8 Å². The molecule has 0 aromatic heterocycles. The van der Waals surface area contributed by atoms with E-state index in [2.05, 4.69) is 22.5 Å². The SMILES string of the molecule is COC(=O)c1cccc(C#Cc2cccc(NC(=O)C(NC(=O)c3ccccc3Cl)C(C)C)c2)c1. The van der Waals surface area contributed by atoms with Crippen molar-refractivity contribution in [1.29, 1.82) is 0 Å². The summed E-state index contributed by atoms with van der Waals surface area (Å²) in [7, 11) is 1.33. The molecular weight excluding hydrogens is 464 g/mol. The van der Waals surface area contributed by atoms with Crippen LogP contribution >= 0.6 is 11.6 Å². The second-order valence-electron chi connectivity index (χ2n) is 8.07. The zero-order chi connectivity index (χ0) is 25.4. The highest BCUT2D eigenvalue weighted by atomic mass is 35.5. The zero-order valence-corrected chi connectivity index (χ0v) is 20.3. The van der Waals surface area contributed by atoms with E-state index in [1.54, 1.807) is 66.7 Å². The molecule has 0 aliphatic rings. The number of rotatable bonds is 6. The molecule has 0 fully saturated rings. The van der Waals surface area contributed by atoms with Crippen LogP contribution in [0.25, 0.3) is 0 Å². The maximum atomic E-state index is 13.0. The van der Waals surface area contributed by atoms with Crippen molar-refractivity contribution in [3.8, 4) is 11.8 Å². The molecular formula is C28H25ClN2O4. The Kier molecular flexibility index (Phi) is 8.66. The van der Waals surface area contributed by atoms with E-state index in [1.165, 1.54) is 7.11 Å². The fourth-order valence-electron chi connectivity index (χ4n) is 3.28. The first kappa shape index (κ1) is 25.5. The molecule has 7 heteroatoms. The highest BCUT2D eigenvalue weighted by molar-refractivity contribution is 6.33. The van der Waals surface area contributed by atoms with Crippen molar-refractivity contribution in [3.63, 3.8) is 0 Å². The van der Waals surface area contributed by atoms with Crippen LogP contribution in [0.15, 0.2) is 72.8 Å². The molecule has 0 saturated heterocycles. The van der Waals surface area contributed by atoms with Gasteiger partial charge < -0.3 is 15.4 Å². The minimum absolute atomic E-state index is 0.161. The van der Waals surface area contributed by atoms with Crippen LogP contribution < -0.4 is 10.6 Å². The van der Waals surface area contributed by atoms with Crippen molar-refractivity contribution in [3.05, 3.63) is 100 Å². The van der Waals surface area contributed by atoms with Crippen LogP contribution in [0.4, 0.5) is 5.69 Å². The van der Waals surface area contributed by atoms with Crippen molar-refractivity contribution in [2.75, 3.05) is 12.4 Å². The van der Waals surface area contributed by atoms with Gasteiger partial charge in [-0.25, -0.2) is 4.79 Å². The number of hydrogen-bond donors (Lipinski definition) is 2. The molecule has 1 unspecified atom stereocenters. The summed E-state index contributed by atoms with van der Waals surface area (Å²) in [6.45, 7) is 3.70. The molecule has 3 rings (SSSR count). The lowest BCUT2D eigenvalue weighted by molar-refractivity contribution is -0.118. The van der Waals surface area contributed by atoms with E-state index in [4.69, 9.17) is 16.3 Å². The van der Waals surface area contributed by atoms with Gasteiger partial charge in [-0.1, -0.05) is 61.6 Å². The third-order valence-electron chi connectivity index (χ3n) is 5.12. The molecule has 178 valence electrons. The second kappa shape index (κ2) is 11.9. The maximum absolute atomic E-state index is 13.0. The fourth-order valence-corrected chi connectivity index (χ4v) is 3.50. The molecule has 0 heterocycles. The predicted octanol–water partition coefficient (Wildman–Crippen LogP) is 4.92. The van der Waals surface area contributed by atoms with Crippen LogP contribution in [0.1, 0.15) is 45.7 Å². The molecule has 2 amide bonds. The van der Waals surface area contributed by atoms with Gasteiger partial charge in [0.2, 0.25) is 5.91 Å². The van der Waals surface area contributed by atoms with Crippen LogP contribution in [-0.2, 0) is 9.53 Å². The standard InChI is InChI=1S/C28H25ClN2O4/c1-18(2)25(31-26(32)23-12-4-5-13-24(23)29)27(33)30-22-11-7-9-20(17-22)15-14-19-8-6-10-21(16-19)28(34)35-3/h4-13,16-18,25H,1-3H3,(H,30,33)(H,31,32). The minimum atomic E-state index is -0.769. The lowest BCUT2D eigenvalue weighted by atomic mass is 10.0. The number of hydrogen-bond acceptors (Lipinski definition) is 4. The zero-order valence-electron chi connectivity index (χ0n) is 19.6. The summed E-state index contributed by atoms with van der Waals surface area (Å²) in [6, 6.07) is 19.8. The smallest absolute Gasteiger partial charge is 0.337 e. The van der Waals surface area contributed by atoms with E-state index < -0.39 is 17.9 Å². The van der Waals surface area contributed by atoms with Gasteiger partial charge >= 0.3 is 5.97 Å². The van der Waals surface area contributed by atoms with Gasteiger partial charge in [0.25, 0.3) is 5.91 Å². The topological polar surface area (TPSA) is 84.5 Å². The van der Waals surface area contributed by atoms with Crippen molar-refractivity contribution in [1.82, 2.24) is 5.32 Å². The van der Waals surface area contributed by atoms with Crippen molar-refractivity contribution >= 4 is 35.1 Å². The molecule has 0 aliphatic heterocycles. The first-order chi connectivity index (χ1) is 16.8. The number of methoxy groups -OCH3 is 1. The minimum Gasteiger partial charge on any atom is -0.465 e. The van der Waals surface area contributed by atoms with Gasteiger partial charge in [-0.05, 0) is 54.4 Å². The molecule has 0 aliphatic carbocycles. The average Bonchev–Trinajstić information content (AvgIpc) is 2.85. The number of amides is 2. The molecule has 0 bridgehead atoms. The summed E-state index contributed by atoms with van der Waals surface area (Å²) >= 11 is 6.12. The summed E-state index contributed by atoms with van der Waals surface area (Å²) in [6.07, 6.45) is 0. The Morgan fingerprint density at radius 2 is 1.54 bits per heavy atom. The fraction of sp³-hybridized carbons (Fsp3) is 0.179. The number of ether oxygens (including phenoxy) is 1. The molecule has 1 atom stereocenters. The maximum Gasteiger partial charge on any atom is 0.337 e. The van der Waals surface area contributed by atoms with E-state index in [1.807, 2.05) is 19.9 Å². The molecule has 2 N–H and O–H groups in total. The normalized spacial score (nSPS) is 11.1. The number of nitrogens with one attached hydrogen (secondary N) is 2. The number of anilines is 1. The second-order valence-corrected chi connectivity index (χ2v) is 8.47. The van der Waals surface area contributed by atoms with Crippen molar-refractivity contribution < 1.29 is 19.1 Å². The van der Waals surface area contributed by atoms with Crippen LogP contribution in [0.3, 0.4) is 0 Å². The van der Waals surface area contributed by atoms with Crippen LogP contribution in [0.2, 0.25) is 5.02 Å². The third-order valence-corrected chi connectivity index (χ3v) is 5.45. The number of carbonyl (C=O) groups excluding carboxylic acids is 3. The number of carbonyl (C=O) groups is 3. The van der Waals surface area contributed by atoms with Crippen molar-refractivity contribution in [2.24, 2.45) is 5.92 Å². The Labute approximate surface area is 209 Å². The highest BCUT2D eigenvalue weighted by Crippen LogP contribution is 2.17. The largest absolute Gasteiger partial charge is 0.465 e. The predicted molar refractivity (Wildman–Crippen MR) is 136 cm³/mol. The Hall–Kier alpha value is -4.08. The molecule has 35 heavy (non-hydrogen) atoms. The average molecular weight is 489 g/mol. The number of esters is 1. The quantitative estimate of drug-likeness (QED) is 0.381. The highest BCUT2D eigenvalue weighted by Gasteiger charge is 2.25. The van der Waals surface area contributed by atoms with Gasteiger partial charge in [0.15, 0.2) is 0 Å². The summed E-state index contributed by atoms with van der Waals surface area (Å²) < 4.78 is 4.74. The molecule has 3 aromatic rings. The summed E-state index contributed by atoms with van der Waals surface area (Å²) in [5.41, 5.74) is 2.60. The Morgan fingerprint density at radius 1 is 0.886 bits per heavy atom. The summed E-state index contributed by atoms with van der Waals surface area (Å²) in [4.78, 5) is 37.4. The number of halogens is 1. The Balaban J connectivity index is 1.73. The first-order valence-corrected chi connectivity index (χ1v) is 11.3. The Morgan fingerprint density at radius 3 is 2.20 bits per heavy atom. The molecule has 6 nitrogen and oxygen atoms in total. The third kappa shape index (κ3) is 6.95. The van der Waals surface area contributed by atoms with Gasteiger partial charge in [0.1, 0.15) is 6.04 Å². The van der Waals surface area contributed by atoms with E-state index in [0.29, 0.717) is 33.0 Å². The molecule has 0 radical (unpaired) electrons. The van der Waals surface area contributed by atoms with Gasteiger partial charge in [0.05, 0.1) is 23.3 Å². The summed E-state index contributed by atoms with van der Waals surface area (Å²) in [5.74, 6) is 4.68. The van der Waals surface area contributed by atoms with Crippen molar-refractivity contribution in [2.45, 2.75) is 19.9 Å². The van der Waals surface area contributed by atoms with Crippen LogP contribution in [0, 0.1) is 17.8 Å². The van der Waals surface area contributed by atoms with Crippen LogP contribution in [0.5, 0.6) is 0 Å². The van der Waals surface area contributed by atoms with Gasteiger partial charge in [0, 0.05) is 16.8 Å². The van der Waals surface area contributed by atoms with Gasteiger partial charge in [-0.15, -0.1) is 0 Å². The van der Waals surface area contributed by atoms with E-state index >= 15 is 0 Å². The van der Waals surface area contributed by atoms with E-state index in [9.17, 15) is 14.4 Å². The lowest BCUT2D eigenvalue weighted by Gasteiger charge is -2.22. The lowest BCUT2D eigenvalue weighted by Crippen LogP contribution is -2.47. The molecule has 0 saturated carbocycles. The summed E-state index contributed by atoms with van der Waals surface area (Å²) in [5, 5.41) is 5.94. The number of benzene rings is 3. The first-order valence-electron chi connectivity index (χ1n) is 10.9. The van der Waals surface area contributed by atoms with E-state index in [0.717, 1.165) is 0 Å².